The van der Waals surface area contributed by atoms with E-state index in [1.807, 2.05) is 11.3 Å². The van der Waals surface area contributed by atoms with E-state index in [4.69, 9.17) is 9.47 Å². The van der Waals surface area contributed by atoms with Crippen molar-refractivity contribution in [3.63, 3.8) is 0 Å². The Morgan fingerprint density at radius 2 is 1.67 bits per heavy atom. The van der Waals surface area contributed by atoms with Crippen molar-refractivity contribution in [2.75, 3.05) is 20.8 Å². The van der Waals surface area contributed by atoms with E-state index in [1.165, 1.54) is 32.6 Å². The van der Waals surface area contributed by atoms with E-state index in [-0.39, 0.29) is 0 Å². The maximum atomic E-state index is 5.52. The third kappa shape index (κ3) is 3.59. The van der Waals surface area contributed by atoms with Gasteiger partial charge in [-0.2, -0.15) is 0 Å². The van der Waals surface area contributed by atoms with Crippen LogP contribution in [0.3, 0.4) is 0 Å². The van der Waals surface area contributed by atoms with Crippen molar-refractivity contribution in [1.29, 1.82) is 0 Å². The summed E-state index contributed by atoms with van der Waals surface area (Å²) in [6, 6.07) is 19.6. The molecule has 0 saturated carbocycles. The summed E-state index contributed by atoms with van der Waals surface area (Å²) in [4.78, 5) is 2.54. The number of fused-ring (bicyclic) bond motifs is 2. The molecule has 4 aromatic rings. The van der Waals surface area contributed by atoms with Crippen LogP contribution in [0.25, 0.3) is 10.2 Å². The van der Waals surface area contributed by atoms with E-state index in [9.17, 15) is 0 Å². The Hall–Kier alpha value is -2.76. The van der Waals surface area contributed by atoms with Crippen molar-refractivity contribution in [2.45, 2.75) is 26.1 Å². The van der Waals surface area contributed by atoms with Crippen molar-refractivity contribution >= 4 is 21.6 Å². The second kappa shape index (κ2) is 8.17. The molecule has 30 heavy (non-hydrogen) atoms. The second-order valence-electron chi connectivity index (χ2n) is 7.81. The SMILES string of the molecule is COc1cc2c(cc1OC)CN(Cc1cc3sccc3n1Cc1ccccc1)CC2. The van der Waals surface area contributed by atoms with Gasteiger partial charge in [0.15, 0.2) is 11.5 Å². The van der Waals surface area contributed by atoms with E-state index in [0.29, 0.717) is 0 Å². The van der Waals surface area contributed by atoms with Crippen LogP contribution in [-0.2, 0) is 26.1 Å². The molecule has 0 fully saturated rings. The minimum absolute atomic E-state index is 0.811. The lowest BCUT2D eigenvalue weighted by atomic mass is 9.98. The first-order valence-corrected chi connectivity index (χ1v) is 11.2. The molecule has 2 aromatic carbocycles. The first-order valence-electron chi connectivity index (χ1n) is 10.3. The van der Waals surface area contributed by atoms with Crippen LogP contribution in [0.4, 0.5) is 0 Å². The molecule has 154 valence electrons. The van der Waals surface area contributed by atoms with Gasteiger partial charge in [-0.3, -0.25) is 4.90 Å². The highest BCUT2D eigenvalue weighted by atomic mass is 32.1. The van der Waals surface area contributed by atoms with Gasteiger partial charge < -0.3 is 14.0 Å². The summed E-state index contributed by atoms with van der Waals surface area (Å²) >= 11 is 1.82. The first-order chi connectivity index (χ1) is 14.7. The fourth-order valence-corrected chi connectivity index (χ4v) is 5.27. The molecule has 0 aliphatic carbocycles. The van der Waals surface area contributed by atoms with Crippen LogP contribution >= 0.6 is 11.3 Å². The van der Waals surface area contributed by atoms with Gasteiger partial charge in [0.05, 0.1) is 24.4 Å². The minimum atomic E-state index is 0.811. The number of thiophene rings is 1. The third-order valence-electron chi connectivity index (χ3n) is 5.97. The molecule has 0 saturated heterocycles. The van der Waals surface area contributed by atoms with Crippen LogP contribution in [0.2, 0.25) is 0 Å². The van der Waals surface area contributed by atoms with E-state index >= 15 is 0 Å². The van der Waals surface area contributed by atoms with Crippen LogP contribution in [0, 0.1) is 0 Å². The fourth-order valence-electron chi connectivity index (χ4n) is 4.42. The smallest absolute Gasteiger partial charge is 0.161 e. The second-order valence-corrected chi connectivity index (χ2v) is 8.76. The van der Waals surface area contributed by atoms with Gasteiger partial charge in [0.25, 0.3) is 0 Å². The number of aromatic nitrogens is 1. The molecule has 3 heterocycles. The quantitative estimate of drug-likeness (QED) is 0.424. The van der Waals surface area contributed by atoms with Gasteiger partial charge in [-0.15, -0.1) is 11.3 Å². The Morgan fingerprint density at radius 1 is 0.900 bits per heavy atom. The lowest BCUT2D eigenvalue weighted by molar-refractivity contribution is 0.239. The van der Waals surface area contributed by atoms with E-state index < -0.39 is 0 Å². The molecule has 0 N–H and O–H groups in total. The molecule has 4 nitrogen and oxygen atoms in total. The minimum Gasteiger partial charge on any atom is -0.493 e. The molecule has 1 aliphatic heterocycles. The number of ether oxygens (including phenoxy) is 2. The molecular formula is C25H26N2O2S. The Morgan fingerprint density at radius 3 is 2.43 bits per heavy atom. The molecule has 0 atom stereocenters. The van der Waals surface area contributed by atoms with Crippen LogP contribution in [-0.4, -0.2) is 30.2 Å². The van der Waals surface area contributed by atoms with Gasteiger partial charge in [-0.1, -0.05) is 30.3 Å². The fraction of sp³-hybridized carbons (Fsp3) is 0.280. The molecular weight excluding hydrogens is 392 g/mol. The molecule has 0 amide bonds. The monoisotopic (exact) mass is 418 g/mol. The maximum absolute atomic E-state index is 5.52. The van der Waals surface area contributed by atoms with E-state index in [2.05, 4.69) is 69.4 Å². The summed E-state index contributed by atoms with van der Waals surface area (Å²) in [7, 11) is 3.40. The summed E-state index contributed by atoms with van der Waals surface area (Å²) in [5.41, 5.74) is 6.75. The molecule has 0 spiro atoms. The van der Waals surface area contributed by atoms with Gasteiger partial charge in [-0.05, 0) is 52.8 Å². The van der Waals surface area contributed by atoms with Crippen molar-refractivity contribution in [1.82, 2.24) is 9.47 Å². The Kier molecular flexibility index (Phi) is 5.23. The zero-order valence-corrected chi connectivity index (χ0v) is 18.2. The number of rotatable bonds is 6. The summed E-state index contributed by atoms with van der Waals surface area (Å²) in [5, 5.41) is 2.19. The Balaban J connectivity index is 1.41. The Labute approximate surface area is 181 Å². The lowest BCUT2D eigenvalue weighted by Crippen LogP contribution is -2.31. The average Bonchev–Trinajstić information content (AvgIpc) is 3.36. The molecule has 5 rings (SSSR count). The van der Waals surface area contributed by atoms with Crippen molar-refractivity contribution < 1.29 is 9.47 Å². The van der Waals surface area contributed by atoms with Gasteiger partial charge in [0.1, 0.15) is 0 Å². The van der Waals surface area contributed by atoms with Crippen LogP contribution in [0.15, 0.2) is 60.0 Å². The van der Waals surface area contributed by atoms with Crippen molar-refractivity contribution in [2.24, 2.45) is 0 Å². The standard InChI is InChI=1S/C25H26N2O2S/c1-28-23-12-19-8-10-26(16-20(19)13-24(23)29-2)17-21-14-25-22(9-11-30-25)27(21)15-18-6-4-3-5-7-18/h3-7,9,11-14H,8,10,15-17H2,1-2H3. The molecule has 0 radical (unpaired) electrons. The summed E-state index contributed by atoms with van der Waals surface area (Å²) in [5.74, 6) is 1.63. The number of hydrogen-bond donors (Lipinski definition) is 0. The molecule has 0 bridgehead atoms. The van der Waals surface area contributed by atoms with Crippen LogP contribution < -0.4 is 9.47 Å². The molecule has 0 unspecified atom stereocenters. The first kappa shape index (κ1) is 19.2. The van der Waals surface area contributed by atoms with Gasteiger partial charge in [0.2, 0.25) is 0 Å². The number of benzene rings is 2. The van der Waals surface area contributed by atoms with Gasteiger partial charge in [-0.25, -0.2) is 0 Å². The Bertz CT molecular complexity index is 1160. The predicted octanol–water partition coefficient (Wildman–Crippen LogP) is 5.33. The zero-order valence-electron chi connectivity index (χ0n) is 17.4. The average molecular weight is 419 g/mol. The van der Waals surface area contributed by atoms with Gasteiger partial charge in [0, 0.05) is 31.9 Å². The largest absolute Gasteiger partial charge is 0.493 e. The zero-order chi connectivity index (χ0) is 20.5. The summed E-state index contributed by atoms with van der Waals surface area (Å²) < 4.78 is 14.8. The van der Waals surface area contributed by atoms with Crippen molar-refractivity contribution in [3.8, 4) is 11.5 Å². The number of hydrogen-bond acceptors (Lipinski definition) is 4. The molecule has 5 heteroatoms. The molecule has 2 aromatic heterocycles. The lowest BCUT2D eigenvalue weighted by Gasteiger charge is -2.30. The third-order valence-corrected chi connectivity index (χ3v) is 6.83. The van der Waals surface area contributed by atoms with Crippen LogP contribution in [0.1, 0.15) is 22.4 Å². The highest BCUT2D eigenvalue weighted by Crippen LogP contribution is 2.34. The number of methoxy groups -OCH3 is 2. The summed E-state index contributed by atoms with van der Waals surface area (Å²) in [6.07, 6.45) is 1.03. The van der Waals surface area contributed by atoms with E-state index in [1.54, 1.807) is 14.2 Å². The molecule has 1 aliphatic rings. The highest BCUT2D eigenvalue weighted by molar-refractivity contribution is 7.17. The number of nitrogens with zero attached hydrogens (tertiary/aromatic N) is 2. The maximum Gasteiger partial charge on any atom is 0.161 e. The topological polar surface area (TPSA) is 26.6 Å². The predicted molar refractivity (Wildman–Crippen MR) is 123 cm³/mol. The van der Waals surface area contributed by atoms with Crippen LogP contribution in [0.5, 0.6) is 11.5 Å². The van der Waals surface area contributed by atoms with Crippen molar-refractivity contribution in [3.05, 3.63) is 82.4 Å². The normalized spacial score (nSPS) is 14.1. The highest BCUT2D eigenvalue weighted by Gasteiger charge is 2.21. The summed E-state index contributed by atoms with van der Waals surface area (Å²) in [6.45, 7) is 3.83. The van der Waals surface area contributed by atoms with Gasteiger partial charge >= 0.3 is 0 Å². The van der Waals surface area contributed by atoms with E-state index in [0.717, 1.165) is 44.1 Å².